The summed E-state index contributed by atoms with van der Waals surface area (Å²) in [5, 5.41) is 0. The lowest BCUT2D eigenvalue weighted by Crippen LogP contribution is -2.30. The summed E-state index contributed by atoms with van der Waals surface area (Å²) in [5.74, 6) is 4.13. The fraction of sp³-hybridized carbons (Fsp3) is 0.200. The maximum Gasteiger partial charge on any atom is 0.126 e. The van der Waals surface area contributed by atoms with Crippen LogP contribution in [0.2, 0.25) is 0 Å². The number of hydrazine groups is 1. The van der Waals surface area contributed by atoms with Crippen LogP contribution in [0.15, 0.2) is 36.4 Å². The average molecular weight is 296 g/mol. The highest BCUT2D eigenvalue weighted by Gasteiger charge is 2.17. The first-order chi connectivity index (χ1) is 10.0. The number of hydrogen-bond acceptors (Lipinski definition) is 3. The molecule has 3 nitrogen and oxygen atoms in total. The molecular formula is C15H15F3N2O. The number of nitrogens with two attached hydrogens (primary N) is 1. The van der Waals surface area contributed by atoms with Crippen molar-refractivity contribution in [3.8, 4) is 5.75 Å². The molecule has 0 saturated heterocycles. The van der Waals surface area contributed by atoms with Gasteiger partial charge in [0.2, 0.25) is 0 Å². The molecule has 2 aromatic carbocycles. The van der Waals surface area contributed by atoms with Gasteiger partial charge in [-0.05, 0) is 42.3 Å². The third-order valence-corrected chi connectivity index (χ3v) is 3.13. The van der Waals surface area contributed by atoms with Gasteiger partial charge in [-0.1, -0.05) is 0 Å². The summed E-state index contributed by atoms with van der Waals surface area (Å²) in [6.07, 6.45) is 0.186. The quantitative estimate of drug-likeness (QED) is 0.659. The van der Waals surface area contributed by atoms with Gasteiger partial charge in [0.05, 0.1) is 13.2 Å². The SMILES string of the molecule is COc1ccc(F)cc1C(Cc1cc(F)cc(F)c1)NN. The monoisotopic (exact) mass is 296 g/mol. The Hall–Kier alpha value is -2.05. The first-order valence-electron chi connectivity index (χ1n) is 6.28. The van der Waals surface area contributed by atoms with Gasteiger partial charge in [-0.15, -0.1) is 0 Å². The maximum atomic E-state index is 13.4. The Labute approximate surface area is 120 Å². The number of halogens is 3. The molecule has 112 valence electrons. The Morgan fingerprint density at radius 3 is 2.29 bits per heavy atom. The first-order valence-corrected chi connectivity index (χ1v) is 6.28. The lowest BCUT2D eigenvalue weighted by molar-refractivity contribution is 0.397. The molecule has 0 aliphatic heterocycles. The van der Waals surface area contributed by atoms with E-state index in [0.29, 0.717) is 16.9 Å². The molecule has 0 heterocycles. The van der Waals surface area contributed by atoms with Crippen LogP contribution in [0.3, 0.4) is 0 Å². The summed E-state index contributed by atoms with van der Waals surface area (Å²) in [6.45, 7) is 0. The van der Waals surface area contributed by atoms with Crippen molar-refractivity contribution in [1.29, 1.82) is 0 Å². The number of benzene rings is 2. The number of ether oxygens (including phenoxy) is 1. The standard InChI is InChI=1S/C15H15F3N2O/c1-21-15-3-2-10(16)8-13(15)14(20-19)6-9-4-11(17)7-12(18)5-9/h2-5,7-8,14,20H,6,19H2,1H3. The fourth-order valence-electron chi connectivity index (χ4n) is 2.20. The molecule has 1 unspecified atom stereocenters. The van der Waals surface area contributed by atoms with Crippen LogP contribution < -0.4 is 16.0 Å². The first kappa shape index (κ1) is 15.3. The van der Waals surface area contributed by atoms with Crippen LogP contribution in [0, 0.1) is 17.5 Å². The Morgan fingerprint density at radius 2 is 1.71 bits per heavy atom. The Balaban J connectivity index is 2.33. The Morgan fingerprint density at radius 1 is 1.05 bits per heavy atom. The van der Waals surface area contributed by atoms with Crippen LogP contribution in [0.5, 0.6) is 5.75 Å². The molecular weight excluding hydrogens is 281 g/mol. The molecule has 3 N–H and O–H groups in total. The van der Waals surface area contributed by atoms with Gasteiger partial charge < -0.3 is 4.74 Å². The summed E-state index contributed by atoms with van der Waals surface area (Å²) in [6, 6.07) is 6.67. The second-order valence-corrected chi connectivity index (χ2v) is 4.59. The normalized spacial score (nSPS) is 12.2. The van der Waals surface area contributed by atoms with Crippen LogP contribution in [0.4, 0.5) is 13.2 Å². The molecule has 0 radical (unpaired) electrons. The van der Waals surface area contributed by atoms with Crippen LogP contribution in [-0.2, 0) is 6.42 Å². The summed E-state index contributed by atoms with van der Waals surface area (Å²) >= 11 is 0. The van der Waals surface area contributed by atoms with Crippen molar-refractivity contribution >= 4 is 0 Å². The summed E-state index contributed by atoms with van der Waals surface area (Å²) in [5.41, 5.74) is 3.40. The third-order valence-electron chi connectivity index (χ3n) is 3.13. The number of hydrogen-bond donors (Lipinski definition) is 2. The third kappa shape index (κ3) is 3.74. The van der Waals surface area contributed by atoms with Crippen LogP contribution in [-0.4, -0.2) is 7.11 Å². The molecule has 2 rings (SSSR count). The van der Waals surface area contributed by atoms with Crippen LogP contribution >= 0.6 is 0 Å². The molecule has 0 amide bonds. The molecule has 2 aromatic rings. The van der Waals surface area contributed by atoms with Crippen molar-refractivity contribution in [1.82, 2.24) is 5.43 Å². The molecule has 0 saturated carbocycles. The van der Waals surface area contributed by atoms with Crippen LogP contribution in [0.1, 0.15) is 17.2 Å². The van der Waals surface area contributed by atoms with E-state index in [0.717, 1.165) is 6.07 Å². The van der Waals surface area contributed by atoms with E-state index in [9.17, 15) is 13.2 Å². The average Bonchev–Trinajstić information content (AvgIpc) is 2.43. The molecule has 1 atom stereocenters. The van der Waals surface area contributed by atoms with Gasteiger partial charge in [-0.2, -0.15) is 0 Å². The van der Waals surface area contributed by atoms with Gasteiger partial charge in [0.1, 0.15) is 23.2 Å². The minimum Gasteiger partial charge on any atom is -0.496 e. The number of nitrogens with one attached hydrogen (secondary N) is 1. The van der Waals surface area contributed by atoms with Gasteiger partial charge in [-0.3, -0.25) is 11.3 Å². The van der Waals surface area contributed by atoms with Crippen molar-refractivity contribution in [2.24, 2.45) is 5.84 Å². The minimum absolute atomic E-state index is 0.186. The van der Waals surface area contributed by atoms with E-state index in [4.69, 9.17) is 10.6 Å². The van der Waals surface area contributed by atoms with Crippen molar-refractivity contribution in [3.63, 3.8) is 0 Å². The van der Waals surface area contributed by atoms with Gasteiger partial charge >= 0.3 is 0 Å². The molecule has 0 aliphatic rings. The zero-order chi connectivity index (χ0) is 15.4. The molecule has 0 bridgehead atoms. The zero-order valence-corrected chi connectivity index (χ0v) is 11.4. The van der Waals surface area contributed by atoms with Gasteiger partial charge in [0.25, 0.3) is 0 Å². The Kier molecular flexibility index (Phi) is 4.82. The predicted octanol–water partition coefficient (Wildman–Crippen LogP) is 2.86. The highest BCUT2D eigenvalue weighted by atomic mass is 19.1. The molecule has 0 aromatic heterocycles. The summed E-state index contributed by atoms with van der Waals surface area (Å²) in [7, 11) is 1.45. The van der Waals surface area contributed by atoms with Gasteiger partial charge in [0.15, 0.2) is 0 Å². The van der Waals surface area contributed by atoms with Gasteiger partial charge in [0, 0.05) is 11.6 Å². The molecule has 0 spiro atoms. The smallest absolute Gasteiger partial charge is 0.126 e. The largest absolute Gasteiger partial charge is 0.496 e. The highest BCUT2D eigenvalue weighted by molar-refractivity contribution is 5.37. The van der Waals surface area contributed by atoms with E-state index < -0.39 is 23.5 Å². The van der Waals surface area contributed by atoms with E-state index in [1.54, 1.807) is 0 Å². The number of rotatable bonds is 5. The van der Waals surface area contributed by atoms with Crippen molar-refractivity contribution in [2.45, 2.75) is 12.5 Å². The van der Waals surface area contributed by atoms with E-state index in [1.807, 2.05) is 0 Å². The summed E-state index contributed by atoms with van der Waals surface area (Å²) in [4.78, 5) is 0. The van der Waals surface area contributed by atoms with Crippen molar-refractivity contribution in [3.05, 3.63) is 65.0 Å². The lowest BCUT2D eigenvalue weighted by atomic mass is 9.98. The molecule has 0 aliphatic carbocycles. The maximum absolute atomic E-state index is 13.4. The van der Waals surface area contributed by atoms with E-state index >= 15 is 0 Å². The molecule has 6 heteroatoms. The predicted molar refractivity (Wildman–Crippen MR) is 73.1 cm³/mol. The zero-order valence-electron chi connectivity index (χ0n) is 11.4. The topological polar surface area (TPSA) is 47.3 Å². The Bertz CT molecular complexity index is 614. The number of methoxy groups -OCH3 is 1. The summed E-state index contributed by atoms with van der Waals surface area (Å²) < 4.78 is 45.0. The second kappa shape index (κ2) is 6.60. The van der Waals surface area contributed by atoms with E-state index in [-0.39, 0.29) is 6.42 Å². The van der Waals surface area contributed by atoms with Crippen LogP contribution in [0.25, 0.3) is 0 Å². The highest BCUT2D eigenvalue weighted by Crippen LogP contribution is 2.28. The molecule has 21 heavy (non-hydrogen) atoms. The second-order valence-electron chi connectivity index (χ2n) is 4.59. The van der Waals surface area contributed by atoms with E-state index in [2.05, 4.69) is 5.43 Å². The van der Waals surface area contributed by atoms with E-state index in [1.165, 1.54) is 37.4 Å². The lowest BCUT2D eigenvalue weighted by Gasteiger charge is -2.19. The molecule has 0 fully saturated rings. The van der Waals surface area contributed by atoms with Crippen molar-refractivity contribution in [2.75, 3.05) is 7.11 Å². The fourth-order valence-corrected chi connectivity index (χ4v) is 2.20. The minimum atomic E-state index is -0.674. The van der Waals surface area contributed by atoms with Crippen molar-refractivity contribution < 1.29 is 17.9 Å². The van der Waals surface area contributed by atoms with Gasteiger partial charge in [-0.25, -0.2) is 13.2 Å².